The maximum absolute atomic E-state index is 12.4. The van der Waals surface area contributed by atoms with Crippen molar-refractivity contribution in [2.45, 2.75) is 0 Å². The number of nitrogens with one attached hydrogen (secondary N) is 2. The number of nitro groups is 1. The second-order valence-corrected chi connectivity index (χ2v) is 7.90. The fraction of sp³-hybridized carbons (Fsp3) is 0.0741. The molecule has 0 bridgehead atoms. The predicted molar refractivity (Wildman–Crippen MR) is 142 cm³/mol. The van der Waals surface area contributed by atoms with Gasteiger partial charge in [-0.3, -0.25) is 19.7 Å². The largest absolute Gasteiger partial charge is 0.493 e. The number of H-pyrrole nitrogens is 1. The number of ether oxygens (including phenoxy) is 3. The lowest BCUT2D eigenvalue weighted by Gasteiger charge is -2.12. The van der Waals surface area contributed by atoms with E-state index in [4.69, 9.17) is 14.2 Å². The Labute approximate surface area is 221 Å². The third-order valence-corrected chi connectivity index (χ3v) is 5.17. The van der Waals surface area contributed by atoms with E-state index in [0.717, 1.165) is 0 Å². The summed E-state index contributed by atoms with van der Waals surface area (Å²) in [4.78, 5) is 39.8. The first-order valence-electron chi connectivity index (χ1n) is 11.4. The van der Waals surface area contributed by atoms with Crippen LogP contribution in [0.2, 0.25) is 0 Å². The third kappa shape index (κ3) is 6.98. The Morgan fingerprint density at radius 1 is 1.05 bits per heavy atom. The predicted octanol–water partition coefficient (Wildman–Crippen LogP) is 4.37. The standard InChI is InChI=1S/C27H22N4O8/c1-37-22-15-17(8-14-23-29-26(33)25(31(35)36)27(34)30-23)7-13-21(22)38-16-24(32)28-18-9-11-20(12-10-18)39-19-5-3-2-4-6-19/h2-15H,16H2,1H3,(H,28,32)(H2,29,30,33,34)/b14-8+. The number of hydrogen-bond donors (Lipinski definition) is 3. The molecule has 0 aliphatic rings. The highest BCUT2D eigenvalue weighted by atomic mass is 16.6. The van der Waals surface area contributed by atoms with Crippen molar-refractivity contribution in [3.05, 3.63) is 105 Å². The van der Waals surface area contributed by atoms with E-state index in [1.54, 1.807) is 42.5 Å². The molecule has 12 nitrogen and oxygen atoms in total. The molecule has 0 fully saturated rings. The summed E-state index contributed by atoms with van der Waals surface area (Å²) in [6, 6.07) is 21.1. The van der Waals surface area contributed by atoms with Crippen LogP contribution in [0.5, 0.6) is 28.9 Å². The van der Waals surface area contributed by atoms with Gasteiger partial charge in [0.1, 0.15) is 17.3 Å². The molecule has 0 aliphatic heterocycles. The second kappa shape index (κ2) is 12.1. The molecule has 4 aromatic rings. The van der Waals surface area contributed by atoms with E-state index in [9.17, 15) is 24.8 Å². The maximum atomic E-state index is 12.4. The Morgan fingerprint density at radius 3 is 2.44 bits per heavy atom. The Balaban J connectivity index is 1.35. The zero-order valence-electron chi connectivity index (χ0n) is 20.5. The molecule has 0 saturated heterocycles. The average Bonchev–Trinajstić information content (AvgIpc) is 2.92. The minimum absolute atomic E-state index is 0.0845. The quantitative estimate of drug-likeness (QED) is 0.199. The van der Waals surface area contributed by atoms with Crippen molar-refractivity contribution in [2.24, 2.45) is 0 Å². The van der Waals surface area contributed by atoms with Crippen LogP contribution in [0.1, 0.15) is 11.4 Å². The first kappa shape index (κ1) is 26.4. The lowest BCUT2D eigenvalue weighted by molar-refractivity contribution is -0.387. The van der Waals surface area contributed by atoms with Crippen LogP contribution < -0.4 is 25.1 Å². The zero-order valence-corrected chi connectivity index (χ0v) is 20.5. The van der Waals surface area contributed by atoms with Crippen LogP contribution in [0.15, 0.2) is 77.6 Å². The zero-order chi connectivity index (χ0) is 27.8. The fourth-order valence-electron chi connectivity index (χ4n) is 3.37. The summed E-state index contributed by atoms with van der Waals surface area (Å²) in [5, 5.41) is 23.2. The molecule has 4 rings (SSSR count). The van der Waals surface area contributed by atoms with Crippen LogP contribution >= 0.6 is 0 Å². The third-order valence-electron chi connectivity index (χ3n) is 5.17. The second-order valence-electron chi connectivity index (χ2n) is 7.90. The number of carbonyl (C=O) groups is 1. The van der Waals surface area contributed by atoms with Crippen LogP contribution in [0.3, 0.4) is 0 Å². The number of aromatic nitrogens is 2. The van der Waals surface area contributed by atoms with Gasteiger partial charge in [-0.2, -0.15) is 4.98 Å². The summed E-state index contributed by atoms with van der Waals surface area (Å²) in [5.41, 5.74) is -0.945. The van der Waals surface area contributed by atoms with Crippen molar-refractivity contribution in [3.63, 3.8) is 0 Å². The molecule has 0 atom stereocenters. The molecule has 0 unspecified atom stereocenters. The fourth-order valence-corrected chi connectivity index (χ4v) is 3.37. The topological polar surface area (TPSA) is 166 Å². The molecular weight excluding hydrogens is 508 g/mol. The van der Waals surface area contributed by atoms with Crippen molar-refractivity contribution >= 4 is 29.4 Å². The molecule has 198 valence electrons. The highest BCUT2D eigenvalue weighted by Crippen LogP contribution is 2.29. The van der Waals surface area contributed by atoms with Gasteiger partial charge in [-0.25, -0.2) is 0 Å². The number of amides is 1. The first-order valence-corrected chi connectivity index (χ1v) is 11.4. The minimum Gasteiger partial charge on any atom is -0.493 e. The molecule has 3 aromatic carbocycles. The van der Waals surface area contributed by atoms with Crippen LogP contribution in [0, 0.1) is 10.1 Å². The number of hydrogen-bond acceptors (Lipinski definition) is 9. The molecule has 12 heteroatoms. The number of carbonyl (C=O) groups excluding carboxylic acids is 1. The van der Waals surface area contributed by atoms with Crippen molar-refractivity contribution in [3.8, 4) is 28.9 Å². The van der Waals surface area contributed by atoms with Gasteiger partial charge in [0.2, 0.25) is 0 Å². The monoisotopic (exact) mass is 530 g/mol. The molecule has 1 amide bonds. The summed E-state index contributed by atoms with van der Waals surface area (Å²) in [5.74, 6) is 0.525. The van der Waals surface area contributed by atoms with Crippen molar-refractivity contribution in [1.29, 1.82) is 0 Å². The molecule has 0 saturated carbocycles. The number of nitrogens with zero attached hydrogens (tertiary/aromatic N) is 2. The van der Waals surface area contributed by atoms with Crippen molar-refractivity contribution in [1.82, 2.24) is 9.97 Å². The van der Waals surface area contributed by atoms with Crippen LogP contribution in [0.25, 0.3) is 12.2 Å². The minimum atomic E-state index is -1.08. The number of aromatic hydroxyl groups is 1. The number of benzene rings is 3. The SMILES string of the molecule is COc1cc(/C=C/c2nc(O)c([N+](=O)[O-])c(=O)[nH]2)ccc1OCC(=O)Nc1ccc(Oc2ccccc2)cc1. The summed E-state index contributed by atoms with van der Waals surface area (Å²) < 4.78 is 16.7. The van der Waals surface area contributed by atoms with Crippen LogP contribution in [0.4, 0.5) is 11.4 Å². The van der Waals surface area contributed by atoms with Crippen molar-refractivity contribution < 1.29 is 29.0 Å². The van der Waals surface area contributed by atoms with E-state index in [-0.39, 0.29) is 18.3 Å². The van der Waals surface area contributed by atoms with E-state index in [1.807, 2.05) is 30.3 Å². The van der Waals surface area contributed by atoms with Gasteiger partial charge in [-0.1, -0.05) is 30.3 Å². The molecule has 0 aliphatic carbocycles. The normalized spacial score (nSPS) is 10.7. The molecule has 0 spiro atoms. The lowest BCUT2D eigenvalue weighted by atomic mass is 10.2. The van der Waals surface area contributed by atoms with E-state index in [0.29, 0.717) is 34.2 Å². The Hall–Kier alpha value is -5.65. The van der Waals surface area contributed by atoms with E-state index >= 15 is 0 Å². The van der Waals surface area contributed by atoms with E-state index < -0.39 is 22.0 Å². The Bertz CT molecular complexity index is 1570. The molecular formula is C27H22N4O8. The summed E-state index contributed by atoms with van der Waals surface area (Å²) in [6.45, 7) is -0.277. The molecule has 3 N–H and O–H groups in total. The van der Waals surface area contributed by atoms with Gasteiger partial charge in [0.05, 0.1) is 12.0 Å². The number of anilines is 1. The Morgan fingerprint density at radius 2 is 1.77 bits per heavy atom. The molecule has 1 heterocycles. The number of aromatic amines is 1. The van der Waals surface area contributed by atoms with Gasteiger partial charge in [0.15, 0.2) is 18.1 Å². The highest BCUT2D eigenvalue weighted by Gasteiger charge is 2.21. The van der Waals surface area contributed by atoms with Crippen LogP contribution in [-0.2, 0) is 4.79 Å². The summed E-state index contributed by atoms with van der Waals surface area (Å²) >= 11 is 0. The van der Waals surface area contributed by atoms with Crippen LogP contribution in [-0.4, -0.2) is 39.6 Å². The van der Waals surface area contributed by atoms with Gasteiger partial charge >= 0.3 is 11.2 Å². The molecule has 1 aromatic heterocycles. The van der Waals surface area contributed by atoms with E-state index in [1.165, 1.54) is 19.3 Å². The van der Waals surface area contributed by atoms with E-state index in [2.05, 4.69) is 15.3 Å². The van der Waals surface area contributed by atoms with Crippen molar-refractivity contribution in [2.75, 3.05) is 19.0 Å². The van der Waals surface area contributed by atoms with Gasteiger partial charge in [-0.15, -0.1) is 0 Å². The van der Waals surface area contributed by atoms with Gasteiger partial charge < -0.3 is 29.6 Å². The number of methoxy groups -OCH3 is 1. The first-order chi connectivity index (χ1) is 18.8. The molecule has 0 radical (unpaired) electrons. The van der Waals surface area contributed by atoms with Gasteiger partial charge in [-0.05, 0) is 60.2 Å². The summed E-state index contributed by atoms with van der Waals surface area (Å²) in [7, 11) is 1.43. The smallest absolute Gasteiger partial charge is 0.395 e. The maximum Gasteiger partial charge on any atom is 0.395 e. The Kier molecular flexibility index (Phi) is 8.17. The number of rotatable bonds is 10. The molecule has 39 heavy (non-hydrogen) atoms. The van der Waals surface area contributed by atoms with Gasteiger partial charge in [0, 0.05) is 5.69 Å². The van der Waals surface area contributed by atoms with Gasteiger partial charge in [0.25, 0.3) is 11.8 Å². The summed E-state index contributed by atoms with van der Waals surface area (Å²) in [6.07, 6.45) is 2.89. The lowest BCUT2D eigenvalue weighted by Crippen LogP contribution is -2.20. The average molecular weight is 530 g/mol. The number of para-hydroxylation sites is 1. The highest BCUT2D eigenvalue weighted by molar-refractivity contribution is 5.92.